The number of esters is 1. The van der Waals surface area contributed by atoms with Crippen molar-refractivity contribution in [3.63, 3.8) is 0 Å². The summed E-state index contributed by atoms with van der Waals surface area (Å²) in [6.45, 7) is 13.1. The Bertz CT molecular complexity index is 1570. The molecule has 2 N–H and O–H groups in total. The van der Waals surface area contributed by atoms with Crippen LogP contribution in [0.5, 0.6) is 0 Å². The van der Waals surface area contributed by atoms with E-state index in [1.807, 2.05) is 44.2 Å². The van der Waals surface area contributed by atoms with Gasteiger partial charge in [-0.15, -0.1) is 13.2 Å². The second-order valence-corrected chi connectivity index (χ2v) is 14.4. The quantitative estimate of drug-likeness (QED) is 0.177. The molecule has 3 fully saturated rings. The van der Waals surface area contributed by atoms with Gasteiger partial charge in [-0.05, 0) is 68.4 Å². The molecule has 50 heavy (non-hydrogen) atoms. The molecule has 0 unspecified atom stereocenters. The SMILES string of the molecule is C=CCCC(=O)N[C@H](C)[C@@H](OC(=O)[C@@H]1[C@H]2C(=O)N([C@@H](CO)CC(C)C)[C@H](C(=O)N(CC=C)c3ccc(Cl)cc3)[C@]23CC[C@H]1O3)c1ccccc1. The molecule has 3 aliphatic rings. The molecule has 0 saturated carbocycles. The van der Waals surface area contributed by atoms with E-state index in [1.54, 1.807) is 48.2 Å². The van der Waals surface area contributed by atoms with Crippen molar-refractivity contribution in [2.24, 2.45) is 17.8 Å². The van der Waals surface area contributed by atoms with E-state index >= 15 is 0 Å². The number of halogens is 1. The Morgan fingerprint density at radius 1 is 1.12 bits per heavy atom. The minimum atomic E-state index is -1.31. The second-order valence-electron chi connectivity index (χ2n) is 13.9. The molecule has 1 spiro atoms. The summed E-state index contributed by atoms with van der Waals surface area (Å²) in [6, 6.07) is 13.6. The molecule has 268 valence electrons. The maximum atomic E-state index is 14.8. The molecule has 11 heteroatoms. The first-order chi connectivity index (χ1) is 24.0. The van der Waals surface area contributed by atoms with Crippen LogP contribution in [0.4, 0.5) is 5.69 Å². The number of benzene rings is 2. The van der Waals surface area contributed by atoms with Crippen molar-refractivity contribution in [1.82, 2.24) is 10.2 Å². The van der Waals surface area contributed by atoms with Gasteiger partial charge in [-0.3, -0.25) is 19.2 Å². The summed E-state index contributed by atoms with van der Waals surface area (Å²) in [6.07, 6.45) is 3.78. The number of nitrogens with one attached hydrogen (secondary N) is 1. The van der Waals surface area contributed by atoms with Crippen LogP contribution in [0, 0.1) is 17.8 Å². The molecule has 0 radical (unpaired) electrons. The third kappa shape index (κ3) is 7.24. The topological polar surface area (TPSA) is 125 Å². The van der Waals surface area contributed by atoms with Gasteiger partial charge in [0.15, 0.2) is 0 Å². The highest BCUT2D eigenvalue weighted by molar-refractivity contribution is 6.30. The fraction of sp³-hybridized carbons (Fsp3) is 0.487. The van der Waals surface area contributed by atoms with E-state index in [0.29, 0.717) is 42.0 Å². The molecule has 3 amide bonds. The fourth-order valence-corrected chi connectivity index (χ4v) is 8.14. The van der Waals surface area contributed by atoms with Crippen LogP contribution in [0.15, 0.2) is 79.9 Å². The average molecular weight is 706 g/mol. The summed E-state index contributed by atoms with van der Waals surface area (Å²) in [5.41, 5.74) is -0.0656. The molecular weight excluding hydrogens is 658 g/mol. The van der Waals surface area contributed by atoms with Crippen LogP contribution in [-0.4, -0.2) is 76.7 Å². The Morgan fingerprint density at radius 3 is 2.44 bits per heavy atom. The highest BCUT2D eigenvalue weighted by Gasteiger charge is 2.75. The lowest BCUT2D eigenvalue weighted by molar-refractivity contribution is -0.162. The molecule has 2 aromatic carbocycles. The molecule has 3 saturated heterocycles. The number of aliphatic hydroxyl groups excluding tert-OH is 1. The Hall–Kier alpha value is -3.99. The van der Waals surface area contributed by atoms with E-state index in [1.165, 1.54) is 4.90 Å². The third-order valence-electron chi connectivity index (χ3n) is 10.1. The van der Waals surface area contributed by atoms with E-state index in [9.17, 15) is 24.3 Å². The molecular formula is C39H48ClN3O7. The summed E-state index contributed by atoms with van der Waals surface area (Å²) in [7, 11) is 0. The zero-order chi connectivity index (χ0) is 36.2. The molecule has 2 aromatic rings. The van der Waals surface area contributed by atoms with Crippen LogP contribution in [0.2, 0.25) is 5.02 Å². The van der Waals surface area contributed by atoms with Gasteiger partial charge >= 0.3 is 5.97 Å². The van der Waals surface area contributed by atoms with Crippen LogP contribution >= 0.6 is 11.6 Å². The largest absolute Gasteiger partial charge is 0.455 e. The van der Waals surface area contributed by atoms with E-state index in [0.717, 1.165) is 0 Å². The van der Waals surface area contributed by atoms with Crippen molar-refractivity contribution in [2.45, 2.75) is 88.8 Å². The lowest BCUT2D eigenvalue weighted by Crippen LogP contribution is -2.59. The lowest BCUT2D eigenvalue weighted by atomic mass is 9.70. The van der Waals surface area contributed by atoms with Gasteiger partial charge in [0.2, 0.25) is 11.8 Å². The van der Waals surface area contributed by atoms with Gasteiger partial charge in [-0.1, -0.05) is 67.9 Å². The molecule has 0 aromatic heterocycles. The predicted molar refractivity (Wildman–Crippen MR) is 191 cm³/mol. The van der Waals surface area contributed by atoms with Crippen LogP contribution in [-0.2, 0) is 28.7 Å². The number of rotatable bonds is 16. The first-order valence-electron chi connectivity index (χ1n) is 17.4. The molecule has 5 rings (SSSR count). The van der Waals surface area contributed by atoms with Crippen molar-refractivity contribution < 1.29 is 33.8 Å². The predicted octanol–water partition coefficient (Wildman–Crippen LogP) is 5.40. The van der Waals surface area contributed by atoms with Gasteiger partial charge in [0.1, 0.15) is 17.7 Å². The van der Waals surface area contributed by atoms with Crippen molar-refractivity contribution >= 4 is 41.0 Å². The van der Waals surface area contributed by atoms with Gasteiger partial charge in [-0.25, -0.2) is 0 Å². The minimum absolute atomic E-state index is 0.0991. The van der Waals surface area contributed by atoms with Crippen LogP contribution in [0.1, 0.15) is 64.5 Å². The van der Waals surface area contributed by atoms with Crippen molar-refractivity contribution in [3.05, 3.63) is 90.5 Å². The first kappa shape index (κ1) is 37.3. The van der Waals surface area contributed by atoms with E-state index in [4.69, 9.17) is 21.1 Å². The number of anilines is 1. The number of hydrogen-bond donors (Lipinski definition) is 2. The minimum Gasteiger partial charge on any atom is -0.455 e. The number of likely N-dealkylation sites (tertiary alicyclic amines) is 1. The van der Waals surface area contributed by atoms with Crippen molar-refractivity contribution in [1.29, 1.82) is 0 Å². The number of ether oxygens (including phenoxy) is 2. The van der Waals surface area contributed by atoms with E-state index in [-0.39, 0.29) is 31.4 Å². The van der Waals surface area contributed by atoms with Crippen molar-refractivity contribution in [2.75, 3.05) is 18.1 Å². The summed E-state index contributed by atoms with van der Waals surface area (Å²) in [5.74, 6) is -3.54. The van der Waals surface area contributed by atoms with Crippen LogP contribution in [0.3, 0.4) is 0 Å². The highest BCUT2D eigenvalue weighted by atomic mass is 35.5. The van der Waals surface area contributed by atoms with Crippen LogP contribution in [0.25, 0.3) is 0 Å². The van der Waals surface area contributed by atoms with E-state index in [2.05, 4.69) is 18.5 Å². The van der Waals surface area contributed by atoms with Gasteiger partial charge < -0.3 is 29.7 Å². The normalized spacial score (nSPS) is 25.5. The maximum Gasteiger partial charge on any atom is 0.313 e. The number of hydrogen-bond acceptors (Lipinski definition) is 7. The molecule has 0 aliphatic carbocycles. The number of aliphatic hydroxyl groups is 1. The molecule has 10 nitrogen and oxygen atoms in total. The smallest absolute Gasteiger partial charge is 0.313 e. The molecule has 3 heterocycles. The Balaban J connectivity index is 1.52. The summed E-state index contributed by atoms with van der Waals surface area (Å²) < 4.78 is 12.9. The Morgan fingerprint density at radius 2 is 1.82 bits per heavy atom. The van der Waals surface area contributed by atoms with Gasteiger partial charge in [-0.2, -0.15) is 0 Å². The monoisotopic (exact) mass is 705 g/mol. The number of carbonyl (C=O) groups excluding carboxylic acids is 4. The molecule has 3 aliphatic heterocycles. The number of amides is 3. The second kappa shape index (κ2) is 15.9. The number of nitrogens with zero attached hydrogens (tertiary/aromatic N) is 2. The molecule has 8 atom stereocenters. The Labute approximate surface area is 299 Å². The van der Waals surface area contributed by atoms with Gasteiger partial charge in [0, 0.05) is 23.7 Å². The van der Waals surface area contributed by atoms with Crippen LogP contribution < -0.4 is 10.2 Å². The summed E-state index contributed by atoms with van der Waals surface area (Å²) in [4.78, 5) is 59.7. The number of allylic oxidation sites excluding steroid dienone is 1. The maximum absolute atomic E-state index is 14.8. The van der Waals surface area contributed by atoms with Gasteiger partial charge in [0.05, 0.1) is 36.6 Å². The van der Waals surface area contributed by atoms with E-state index < -0.39 is 65.6 Å². The number of carbonyl (C=O) groups is 4. The first-order valence-corrected chi connectivity index (χ1v) is 17.8. The summed E-state index contributed by atoms with van der Waals surface area (Å²) >= 11 is 6.17. The lowest BCUT2D eigenvalue weighted by Gasteiger charge is -2.39. The van der Waals surface area contributed by atoms with Crippen molar-refractivity contribution in [3.8, 4) is 0 Å². The number of fused-ring (bicyclic) bond motifs is 1. The zero-order valence-electron chi connectivity index (χ0n) is 29.0. The summed E-state index contributed by atoms with van der Waals surface area (Å²) in [5, 5.41) is 14.1. The highest BCUT2D eigenvalue weighted by Crippen LogP contribution is 2.59. The average Bonchev–Trinajstić information content (AvgIpc) is 3.75. The zero-order valence-corrected chi connectivity index (χ0v) is 29.8. The molecule has 2 bridgehead atoms. The Kier molecular flexibility index (Phi) is 11.9. The standard InChI is InChI=1S/C39H48ClN3O7/c1-6-8-14-31(45)41-25(5)34(26-12-10-9-11-13-26)49-38(48)32-30-19-20-39(50-30)33(32)36(46)43(29(23-44)22-24(3)4)35(39)37(47)42(21-7-2)28-17-15-27(40)16-18-28/h6-7,9-13,15-18,24-25,29-30,32-35,44H,1-2,8,14,19-23H2,3-5H3,(H,41,45)/t25-,29-,30-,32+,33+,34-,35-,39+/m1/s1. The fourth-order valence-electron chi connectivity index (χ4n) is 8.01. The third-order valence-corrected chi connectivity index (χ3v) is 10.3. The van der Waals surface area contributed by atoms with Gasteiger partial charge in [0.25, 0.3) is 5.91 Å².